The van der Waals surface area contributed by atoms with Crippen LogP contribution >= 0.6 is 12.2 Å². The lowest BCUT2D eigenvalue weighted by Gasteiger charge is -2.09. The third-order valence-corrected chi connectivity index (χ3v) is 3.07. The SMILES string of the molecule is Cc1cc(F)ccc1COc1ccc(C(N)=S)cc1. The molecule has 2 aromatic rings. The Morgan fingerprint density at radius 1 is 1.21 bits per heavy atom. The average molecular weight is 275 g/mol. The van der Waals surface area contributed by atoms with E-state index in [0.717, 1.165) is 22.4 Å². The van der Waals surface area contributed by atoms with Gasteiger partial charge in [-0.15, -0.1) is 0 Å². The summed E-state index contributed by atoms with van der Waals surface area (Å²) in [5, 5.41) is 0. The minimum atomic E-state index is -0.234. The Balaban J connectivity index is 2.04. The first-order chi connectivity index (χ1) is 9.06. The van der Waals surface area contributed by atoms with Gasteiger partial charge < -0.3 is 10.5 Å². The fraction of sp³-hybridized carbons (Fsp3) is 0.133. The Morgan fingerprint density at radius 2 is 1.89 bits per heavy atom. The first-order valence-corrected chi connectivity index (χ1v) is 6.25. The van der Waals surface area contributed by atoms with Gasteiger partial charge in [0.2, 0.25) is 0 Å². The Labute approximate surface area is 117 Å². The number of aryl methyl sites for hydroxylation is 1. The molecule has 2 aromatic carbocycles. The highest BCUT2D eigenvalue weighted by molar-refractivity contribution is 7.80. The van der Waals surface area contributed by atoms with Crippen LogP contribution in [0.15, 0.2) is 42.5 Å². The second-order valence-corrected chi connectivity index (χ2v) is 4.69. The number of thiocarbonyl (C=S) groups is 1. The van der Waals surface area contributed by atoms with Gasteiger partial charge >= 0.3 is 0 Å². The second-order valence-electron chi connectivity index (χ2n) is 4.25. The van der Waals surface area contributed by atoms with Gasteiger partial charge in [-0.1, -0.05) is 18.3 Å². The third kappa shape index (κ3) is 3.51. The van der Waals surface area contributed by atoms with E-state index in [4.69, 9.17) is 22.7 Å². The van der Waals surface area contributed by atoms with Crippen LogP contribution in [0.1, 0.15) is 16.7 Å². The Morgan fingerprint density at radius 3 is 2.47 bits per heavy atom. The normalized spacial score (nSPS) is 10.2. The molecule has 19 heavy (non-hydrogen) atoms. The van der Waals surface area contributed by atoms with Crippen LogP contribution < -0.4 is 10.5 Å². The van der Waals surface area contributed by atoms with Gasteiger partial charge in [0.05, 0.1) is 0 Å². The van der Waals surface area contributed by atoms with Gasteiger partial charge in [0.1, 0.15) is 23.2 Å². The Kier molecular flexibility index (Phi) is 4.12. The minimum absolute atomic E-state index is 0.234. The Bertz CT molecular complexity index is 596. The topological polar surface area (TPSA) is 35.2 Å². The third-order valence-electron chi connectivity index (χ3n) is 2.84. The highest BCUT2D eigenvalue weighted by Crippen LogP contribution is 2.16. The van der Waals surface area contributed by atoms with Crippen molar-refractivity contribution in [3.05, 3.63) is 65.0 Å². The number of rotatable bonds is 4. The van der Waals surface area contributed by atoms with E-state index < -0.39 is 0 Å². The van der Waals surface area contributed by atoms with Crippen LogP contribution in [0.2, 0.25) is 0 Å². The molecule has 0 saturated carbocycles. The summed E-state index contributed by atoms with van der Waals surface area (Å²) in [6.07, 6.45) is 0. The van der Waals surface area contributed by atoms with Crippen molar-refractivity contribution in [2.75, 3.05) is 0 Å². The molecule has 0 aliphatic carbocycles. The standard InChI is InChI=1S/C15H14FNOS/c1-10-8-13(16)5-2-12(10)9-18-14-6-3-11(4-7-14)15(17)19/h2-8H,9H2,1H3,(H2,17,19). The van der Waals surface area contributed by atoms with Gasteiger partial charge in [0, 0.05) is 5.56 Å². The lowest BCUT2D eigenvalue weighted by molar-refractivity contribution is 0.305. The zero-order valence-electron chi connectivity index (χ0n) is 10.5. The number of halogens is 1. The van der Waals surface area contributed by atoms with Crippen LogP contribution in [-0.2, 0) is 6.61 Å². The molecule has 0 spiro atoms. The molecule has 2 nitrogen and oxygen atoms in total. The fourth-order valence-corrected chi connectivity index (χ4v) is 1.83. The van der Waals surface area contributed by atoms with Gasteiger partial charge in [-0.05, 0) is 54.4 Å². The molecule has 0 saturated heterocycles. The number of nitrogens with two attached hydrogens (primary N) is 1. The minimum Gasteiger partial charge on any atom is -0.489 e. The van der Waals surface area contributed by atoms with E-state index in [1.807, 2.05) is 31.2 Å². The van der Waals surface area contributed by atoms with Crippen molar-refractivity contribution in [1.29, 1.82) is 0 Å². The molecule has 0 aliphatic rings. The lowest BCUT2D eigenvalue weighted by atomic mass is 10.1. The molecule has 0 bridgehead atoms. The molecule has 0 amide bonds. The quantitative estimate of drug-likeness (QED) is 0.869. The molecule has 0 radical (unpaired) electrons. The number of hydrogen-bond acceptors (Lipinski definition) is 2. The van der Waals surface area contributed by atoms with Gasteiger partial charge in [0.15, 0.2) is 0 Å². The van der Waals surface area contributed by atoms with Crippen LogP contribution in [0, 0.1) is 12.7 Å². The first-order valence-electron chi connectivity index (χ1n) is 5.84. The van der Waals surface area contributed by atoms with Gasteiger partial charge in [-0.2, -0.15) is 0 Å². The molecule has 2 N–H and O–H groups in total. The van der Waals surface area contributed by atoms with Crippen molar-refractivity contribution < 1.29 is 9.13 Å². The van der Waals surface area contributed by atoms with Crippen LogP contribution in [0.25, 0.3) is 0 Å². The van der Waals surface area contributed by atoms with Crippen molar-refractivity contribution in [1.82, 2.24) is 0 Å². The van der Waals surface area contributed by atoms with E-state index in [2.05, 4.69) is 0 Å². The van der Waals surface area contributed by atoms with Crippen molar-refractivity contribution in [2.24, 2.45) is 5.73 Å². The largest absolute Gasteiger partial charge is 0.489 e. The molecule has 4 heteroatoms. The van der Waals surface area contributed by atoms with E-state index in [1.54, 1.807) is 6.07 Å². The van der Waals surface area contributed by atoms with E-state index >= 15 is 0 Å². The predicted octanol–water partition coefficient (Wildman–Crippen LogP) is 3.35. The monoisotopic (exact) mass is 275 g/mol. The summed E-state index contributed by atoms with van der Waals surface area (Å²) in [7, 11) is 0. The molecule has 0 aromatic heterocycles. The Hall–Kier alpha value is -1.94. The number of benzene rings is 2. The highest BCUT2D eigenvalue weighted by atomic mass is 32.1. The second kappa shape index (κ2) is 5.80. The summed E-state index contributed by atoms with van der Waals surface area (Å²) < 4.78 is 18.6. The zero-order chi connectivity index (χ0) is 13.8. The van der Waals surface area contributed by atoms with Gasteiger partial charge in [0.25, 0.3) is 0 Å². The molecule has 0 unspecified atom stereocenters. The molecule has 0 heterocycles. The fourth-order valence-electron chi connectivity index (χ4n) is 1.70. The average Bonchev–Trinajstić information content (AvgIpc) is 2.38. The summed E-state index contributed by atoms with van der Waals surface area (Å²) in [5.74, 6) is 0.491. The van der Waals surface area contributed by atoms with Gasteiger partial charge in [-0.25, -0.2) is 4.39 Å². The van der Waals surface area contributed by atoms with Gasteiger partial charge in [-0.3, -0.25) is 0 Å². The number of hydrogen-bond donors (Lipinski definition) is 1. The summed E-state index contributed by atoms with van der Waals surface area (Å²) in [6, 6.07) is 11.9. The van der Waals surface area contributed by atoms with Crippen LogP contribution in [0.3, 0.4) is 0 Å². The lowest BCUT2D eigenvalue weighted by Crippen LogP contribution is -2.08. The molecular weight excluding hydrogens is 261 g/mol. The number of ether oxygens (including phenoxy) is 1. The molecule has 0 atom stereocenters. The maximum Gasteiger partial charge on any atom is 0.123 e. The predicted molar refractivity (Wildman–Crippen MR) is 77.8 cm³/mol. The summed E-state index contributed by atoms with van der Waals surface area (Å²) in [5.41, 5.74) is 8.16. The molecule has 0 aliphatic heterocycles. The van der Waals surface area contributed by atoms with Crippen molar-refractivity contribution in [2.45, 2.75) is 13.5 Å². The molecule has 0 fully saturated rings. The highest BCUT2D eigenvalue weighted by Gasteiger charge is 2.02. The smallest absolute Gasteiger partial charge is 0.123 e. The van der Waals surface area contributed by atoms with E-state index in [0.29, 0.717) is 11.6 Å². The first kappa shape index (κ1) is 13.5. The zero-order valence-corrected chi connectivity index (χ0v) is 11.3. The molecular formula is C15H14FNOS. The van der Waals surface area contributed by atoms with E-state index in [9.17, 15) is 4.39 Å². The van der Waals surface area contributed by atoms with E-state index in [1.165, 1.54) is 12.1 Å². The molecule has 98 valence electrons. The summed E-state index contributed by atoms with van der Waals surface area (Å²) in [4.78, 5) is 0.362. The van der Waals surface area contributed by atoms with Crippen LogP contribution in [0.4, 0.5) is 4.39 Å². The van der Waals surface area contributed by atoms with Crippen LogP contribution in [-0.4, -0.2) is 4.99 Å². The summed E-state index contributed by atoms with van der Waals surface area (Å²) in [6.45, 7) is 2.26. The summed E-state index contributed by atoms with van der Waals surface area (Å²) >= 11 is 4.88. The maximum atomic E-state index is 13.0. The van der Waals surface area contributed by atoms with Crippen molar-refractivity contribution in [3.8, 4) is 5.75 Å². The van der Waals surface area contributed by atoms with Crippen molar-refractivity contribution in [3.63, 3.8) is 0 Å². The maximum absolute atomic E-state index is 13.0. The van der Waals surface area contributed by atoms with Crippen LogP contribution in [0.5, 0.6) is 5.75 Å². The van der Waals surface area contributed by atoms with E-state index in [-0.39, 0.29) is 5.82 Å². The molecule has 2 rings (SSSR count). The van der Waals surface area contributed by atoms with Crippen molar-refractivity contribution >= 4 is 17.2 Å².